The van der Waals surface area contributed by atoms with Crippen LogP contribution in [0.4, 0.5) is 4.79 Å². The van der Waals surface area contributed by atoms with E-state index in [2.05, 4.69) is 13.8 Å². The second-order valence-electron chi connectivity index (χ2n) is 4.13. The van der Waals surface area contributed by atoms with Crippen molar-refractivity contribution >= 4 is 28.6 Å². The van der Waals surface area contributed by atoms with Gasteiger partial charge in [-0.1, -0.05) is 55.4 Å². The number of hydrogen-bond acceptors (Lipinski definition) is 2. The zero-order valence-corrected chi connectivity index (χ0v) is 12.6. The Hall–Kier alpha value is -0.670. The summed E-state index contributed by atoms with van der Waals surface area (Å²) in [4.78, 5) is 14.0. The predicted molar refractivity (Wildman–Crippen MR) is 80.3 cm³/mol. The van der Waals surface area contributed by atoms with E-state index in [0.717, 1.165) is 36.5 Å². The molecule has 0 spiro atoms. The average molecular weight is 286 g/mol. The summed E-state index contributed by atoms with van der Waals surface area (Å²) in [6.07, 6.45) is 2.00. The summed E-state index contributed by atoms with van der Waals surface area (Å²) in [6.45, 7) is 5.85. The molecule has 1 rings (SSSR count). The molecule has 0 aliphatic carbocycles. The van der Waals surface area contributed by atoms with E-state index < -0.39 is 0 Å². The van der Waals surface area contributed by atoms with Crippen molar-refractivity contribution in [2.45, 2.75) is 32.4 Å². The van der Waals surface area contributed by atoms with E-state index in [1.807, 2.05) is 29.2 Å². The lowest BCUT2D eigenvalue weighted by Gasteiger charge is -2.20. The van der Waals surface area contributed by atoms with Gasteiger partial charge >= 0.3 is 0 Å². The molecule has 2 nitrogen and oxygen atoms in total. The Bertz CT molecular complexity index is 378. The predicted octanol–water partition coefficient (Wildman–Crippen LogP) is 4.82. The Morgan fingerprint density at radius 1 is 1.22 bits per heavy atom. The van der Waals surface area contributed by atoms with Gasteiger partial charge in [-0.25, -0.2) is 0 Å². The summed E-state index contributed by atoms with van der Waals surface area (Å²) < 4.78 is 0. The van der Waals surface area contributed by atoms with Crippen LogP contribution >= 0.6 is 23.4 Å². The molecule has 18 heavy (non-hydrogen) atoms. The van der Waals surface area contributed by atoms with E-state index in [0.29, 0.717) is 5.75 Å². The fourth-order valence-corrected chi connectivity index (χ4v) is 2.86. The summed E-state index contributed by atoms with van der Waals surface area (Å²) >= 11 is 7.41. The highest BCUT2D eigenvalue weighted by atomic mass is 35.5. The molecule has 0 atom stereocenters. The molecule has 0 aliphatic rings. The fourth-order valence-electron chi connectivity index (χ4n) is 1.68. The van der Waals surface area contributed by atoms with Crippen LogP contribution in [0.2, 0.25) is 5.02 Å². The van der Waals surface area contributed by atoms with Crippen molar-refractivity contribution in [2.24, 2.45) is 0 Å². The van der Waals surface area contributed by atoms with E-state index in [1.165, 1.54) is 11.8 Å². The first-order valence-electron chi connectivity index (χ1n) is 6.34. The van der Waals surface area contributed by atoms with Gasteiger partial charge in [0.1, 0.15) is 0 Å². The third kappa shape index (κ3) is 4.91. The molecule has 0 radical (unpaired) electrons. The number of nitrogens with zero attached hydrogens (tertiary/aromatic N) is 1. The number of amides is 1. The maximum atomic E-state index is 12.1. The quantitative estimate of drug-likeness (QED) is 0.747. The summed E-state index contributed by atoms with van der Waals surface area (Å²) in [6, 6.07) is 7.67. The number of carbonyl (C=O) groups excluding carboxylic acids is 1. The van der Waals surface area contributed by atoms with Gasteiger partial charge in [0.05, 0.1) is 0 Å². The molecule has 0 unspecified atom stereocenters. The van der Waals surface area contributed by atoms with Crippen LogP contribution in [0, 0.1) is 0 Å². The van der Waals surface area contributed by atoms with Crippen LogP contribution in [0.25, 0.3) is 0 Å². The van der Waals surface area contributed by atoms with Gasteiger partial charge in [-0.05, 0) is 24.5 Å². The van der Waals surface area contributed by atoms with E-state index in [1.54, 1.807) is 0 Å². The molecule has 1 aromatic rings. The van der Waals surface area contributed by atoms with Gasteiger partial charge in [-0.2, -0.15) is 0 Å². The second kappa shape index (κ2) is 8.44. The number of thioether (sulfide) groups is 1. The molecule has 0 N–H and O–H groups in total. The number of rotatable bonds is 6. The maximum Gasteiger partial charge on any atom is 0.281 e. The summed E-state index contributed by atoms with van der Waals surface area (Å²) in [5.74, 6) is 0.641. The van der Waals surface area contributed by atoms with Crippen molar-refractivity contribution in [3.63, 3.8) is 0 Å². The molecule has 0 fully saturated rings. The van der Waals surface area contributed by atoms with Crippen molar-refractivity contribution in [2.75, 3.05) is 13.1 Å². The molecule has 0 bridgehead atoms. The van der Waals surface area contributed by atoms with Crippen molar-refractivity contribution < 1.29 is 4.79 Å². The zero-order chi connectivity index (χ0) is 13.4. The lowest BCUT2D eigenvalue weighted by Crippen LogP contribution is -2.29. The van der Waals surface area contributed by atoms with Crippen molar-refractivity contribution in [3.05, 3.63) is 34.9 Å². The van der Waals surface area contributed by atoms with Crippen molar-refractivity contribution in [1.29, 1.82) is 0 Å². The normalized spacial score (nSPS) is 10.4. The molecule has 0 aromatic heterocycles. The SMILES string of the molecule is CCCN(CCC)C(=O)SCc1ccccc1Cl. The second-order valence-corrected chi connectivity index (χ2v) is 5.47. The molecule has 1 aromatic carbocycles. The minimum atomic E-state index is 0.151. The molecule has 0 aliphatic heterocycles. The highest BCUT2D eigenvalue weighted by molar-refractivity contribution is 8.12. The first-order chi connectivity index (χ1) is 8.69. The summed E-state index contributed by atoms with van der Waals surface area (Å²) in [5, 5.41) is 0.883. The van der Waals surface area contributed by atoms with Crippen LogP contribution in [0.1, 0.15) is 32.3 Å². The number of hydrogen-bond donors (Lipinski definition) is 0. The van der Waals surface area contributed by atoms with Gasteiger partial charge < -0.3 is 4.90 Å². The van der Waals surface area contributed by atoms with E-state index >= 15 is 0 Å². The average Bonchev–Trinajstić information content (AvgIpc) is 2.37. The first kappa shape index (κ1) is 15.4. The van der Waals surface area contributed by atoms with Gasteiger partial charge in [-0.15, -0.1) is 0 Å². The Labute approximate surface area is 119 Å². The van der Waals surface area contributed by atoms with E-state index in [9.17, 15) is 4.79 Å². The Balaban J connectivity index is 2.51. The van der Waals surface area contributed by atoms with Gasteiger partial charge in [0.25, 0.3) is 5.24 Å². The van der Waals surface area contributed by atoms with Crippen molar-refractivity contribution in [3.8, 4) is 0 Å². The van der Waals surface area contributed by atoms with Gasteiger partial charge in [0.15, 0.2) is 0 Å². The number of halogens is 1. The standard InChI is InChI=1S/C14H20ClNOS/c1-3-9-16(10-4-2)14(17)18-11-12-7-5-6-8-13(12)15/h5-8H,3-4,9-11H2,1-2H3. The van der Waals surface area contributed by atoms with Gasteiger partial charge in [-0.3, -0.25) is 4.79 Å². The van der Waals surface area contributed by atoms with Crippen LogP contribution in [-0.2, 0) is 5.75 Å². The molecule has 100 valence electrons. The molecule has 1 amide bonds. The van der Waals surface area contributed by atoms with Crippen LogP contribution in [0.3, 0.4) is 0 Å². The molecular weight excluding hydrogens is 266 g/mol. The van der Waals surface area contributed by atoms with Gasteiger partial charge in [0.2, 0.25) is 0 Å². The Morgan fingerprint density at radius 3 is 2.39 bits per heavy atom. The monoisotopic (exact) mass is 285 g/mol. The Kier molecular flexibility index (Phi) is 7.21. The zero-order valence-electron chi connectivity index (χ0n) is 11.0. The minimum Gasteiger partial charge on any atom is -0.334 e. The highest BCUT2D eigenvalue weighted by Crippen LogP contribution is 2.22. The smallest absolute Gasteiger partial charge is 0.281 e. The largest absolute Gasteiger partial charge is 0.334 e. The van der Waals surface area contributed by atoms with E-state index in [-0.39, 0.29) is 5.24 Å². The van der Waals surface area contributed by atoms with Crippen LogP contribution in [-0.4, -0.2) is 23.2 Å². The van der Waals surface area contributed by atoms with Crippen molar-refractivity contribution in [1.82, 2.24) is 4.90 Å². The summed E-state index contributed by atoms with van der Waals surface area (Å²) in [7, 11) is 0. The number of benzene rings is 1. The summed E-state index contributed by atoms with van der Waals surface area (Å²) in [5.41, 5.74) is 1.02. The van der Waals surface area contributed by atoms with Crippen LogP contribution in [0.15, 0.2) is 24.3 Å². The molecule has 0 saturated carbocycles. The Morgan fingerprint density at radius 2 is 1.83 bits per heavy atom. The molecule has 0 saturated heterocycles. The van der Waals surface area contributed by atoms with Crippen LogP contribution in [0.5, 0.6) is 0 Å². The molecule has 4 heteroatoms. The third-order valence-electron chi connectivity index (χ3n) is 2.55. The topological polar surface area (TPSA) is 20.3 Å². The lowest BCUT2D eigenvalue weighted by atomic mass is 10.2. The number of carbonyl (C=O) groups is 1. The van der Waals surface area contributed by atoms with Gasteiger partial charge in [0, 0.05) is 23.9 Å². The first-order valence-corrected chi connectivity index (χ1v) is 7.70. The van der Waals surface area contributed by atoms with Crippen LogP contribution < -0.4 is 0 Å². The molecular formula is C14H20ClNOS. The lowest BCUT2D eigenvalue weighted by molar-refractivity contribution is 0.223. The highest BCUT2D eigenvalue weighted by Gasteiger charge is 2.12. The molecule has 0 heterocycles. The van der Waals surface area contributed by atoms with E-state index in [4.69, 9.17) is 11.6 Å². The fraction of sp³-hybridized carbons (Fsp3) is 0.500. The maximum absolute atomic E-state index is 12.1. The minimum absolute atomic E-state index is 0.151. The third-order valence-corrected chi connectivity index (χ3v) is 3.88.